The van der Waals surface area contributed by atoms with Gasteiger partial charge in [0.05, 0.1) is 13.2 Å². The highest BCUT2D eigenvalue weighted by molar-refractivity contribution is 14.0. The number of anilines is 1. The molecule has 0 saturated carbocycles. The maximum absolute atomic E-state index is 5.36. The van der Waals surface area contributed by atoms with Gasteiger partial charge in [-0.15, -0.1) is 24.0 Å². The molecule has 2 aliphatic rings. The van der Waals surface area contributed by atoms with Gasteiger partial charge >= 0.3 is 0 Å². The highest BCUT2D eigenvalue weighted by Crippen LogP contribution is 2.17. The molecule has 27 heavy (non-hydrogen) atoms. The highest BCUT2D eigenvalue weighted by atomic mass is 127. The lowest BCUT2D eigenvalue weighted by Crippen LogP contribution is -2.49. The van der Waals surface area contributed by atoms with E-state index in [4.69, 9.17) is 9.73 Å². The summed E-state index contributed by atoms with van der Waals surface area (Å²) in [6, 6.07) is 6.57. The quantitative estimate of drug-likeness (QED) is 0.281. The molecule has 1 saturated heterocycles. The molecule has 0 amide bonds. The van der Waals surface area contributed by atoms with Crippen LogP contribution in [0.5, 0.6) is 0 Å². The average Bonchev–Trinajstić information content (AvgIpc) is 2.70. The van der Waals surface area contributed by atoms with Gasteiger partial charge < -0.3 is 20.3 Å². The lowest BCUT2D eigenvalue weighted by molar-refractivity contribution is 0.153. The first kappa shape index (κ1) is 21.9. The number of nitrogens with zero attached hydrogens (tertiary/aromatic N) is 3. The largest absolute Gasteiger partial charge is 0.377 e. The number of guanidine groups is 1. The van der Waals surface area contributed by atoms with Crippen LogP contribution in [0.2, 0.25) is 0 Å². The van der Waals surface area contributed by atoms with Crippen LogP contribution in [-0.2, 0) is 4.74 Å². The van der Waals surface area contributed by atoms with Crippen LogP contribution < -0.4 is 15.5 Å². The molecule has 2 aliphatic heterocycles. The van der Waals surface area contributed by atoms with E-state index in [2.05, 4.69) is 45.6 Å². The number of hydrogen-bond donors (Lipinski definition) is 2. The fourth-order valence-electron chi connectivity index (χ4n) is 3.41. The molecule has 1 aromatic heterocycles. The summed E-state index contributed by atoms with van der Waals surface area (Å²) in [6.45, 7) is 7.49. The fourth-order valence-corrected chi connectivity index (χ4v) is 3.41. The molecule has 0 atom stereocenters. The molecular formula is C20H32IN5O. The Bertz CT molecular complexity index is 600. The Kier molecular flexibility index (Phi) is 9.90. The molecule has 0 spiro atoms. The van der Waals surface area contributed by atoms with Crippen molar-refractivity contribution in [3.05, 3.63) is 36.0 Å². The third-order valence-corrected chi connectivity index (χ3v) is 4.91. The number of halogens is 1. The van der Waals surface area contributed by atoms with Crippen LogP contribution in [0.15, 0.2) is 41.0 Å². The Morgan fingerprint density at radius 1 is 1.33 bits per heavy atom. The van der Waals surface area contributed by atoms with Gasteiger partial charge in [0.2, 0.25) is 0 Å². The average molecular weight is 485 g/mol. The first-order valence-electron chi connectivity index (χ1n) is 9.81. The van der Waals surface area contributed by atoms with Gasteiger partial charge in [0, 0.05) is 38.4 Å². The topological polar surface area (TPSA) is 61.8 Å². The smallest absolute Gasteiger partial charge is 0.191 e. The minimum atomic E-state index is 0. The van der Waals surface area contributed by atoms with Crippen LogP contribution in [0.25, 0.3) is 0 Å². The Balaban J connectivity index is 0.00000261. The van der Waals surface area contributed by atoms with Gasteiger partial charge in [0.25, 0.3) is 0 Å². The Morgan fingerprint density at radius 3 is 2.85 bits per heavy atom. The van der Waals surface area contributed by atoms with Crippen molar-refractivity contribution in [3.63, 3.8) is 0 Å². The van der Waals surface area contributed by atoms with Crippen LogP contribution >= 0.6 is 24.0 Å². The van der Waals surface area contributed by atoms with E-state index >= 15 is 0 Å². The molecule has 150 valence electrons. The number of rotatable bonds is 6. The summed E-state index contributed by atoms with van der Waals surface area (Å²) in [5.41, 5.74) is 1.47. The summed E-state index contributed by atoms with van der Waals surface area (Å²) in [5.74, 6) is 2.02. The van der Waals surface area contributed by atoms with E-state index in [1.807, 2.05) is 12.3 Å². The van der Waals surface area contributed by atoms with Crippen molar-refractivity contribution in [2.75, 3.05) is 44.3 Å². The molecule has 3 heterocycles. The molecule has 0 unspecified atom stereocenters. The van der Waals surface area contributed by atoms with Crippen molar-refractivity contribution in [1.29, 1.82) is 0 Å². The molecule has 1 fully saturated rings. The zero-order chi connectivity index (χ0) is 18.0. The van der Waals surface area contributed by atoms with Crippen LogP contribution in [0, 0.1) is 0 Å². The number of aliphatic imine (C=N–C) groups is 1. The number of piperidine rings is 1. The van der Waals surface area contributed by atoms with Gasteiger partial charge in [-0.2, -0.15) is 0 Å². The summed E-state index contributed by atoms with van der Waals surface area (Å²) in [5, 5.41) is 6.99. The predicted octanol–water partition coefficient (Wildman–Crippen LogP) is 2.96. The van der Waals surface area contributed by atoms with E-state index in [-0.39, 0.29) is 24.0 Å². The summed E-state index contributed by atoms with van der Waals surface area (Å²) < 4.78 is 5.36. The van der Waals surface area contributed by atoms with Crippen molar-refractivity contribution in [2.45, 2.75) is 38.6 Å². The number of ether oxygens (including phenoxy) is 1. The maximum Gasteiger partial charge on any atom is 0.191 e. The van der Waals surface area contributed by atoms with Gasteiger partial charge in [-0.3, -0.25) is 4.99 Å². The van der Waals surface area contributed by atoms with Gasteiger partial charge in [-0.1, -0.05) is 17.7 Å². The number of nitrogens with one attached hydrogen (secondary N) is 2. The van der Waals surface area contributed by atoms with E-state index in [1.54, 1.807) is 0 Å². The minimum Gasteiger partial charge on any atom is -0.377 e. The normalized spacial score (nSPS) is 18.5. The predicted molar refractivity (Wildman–Crippen MR) is 122 cm³/mol. The highest BCUT2D eigenvalue weighted by Gasteiger charge is 2.20. The van der Waals surface area contributed by atoms with Gasteiger partial charge in [-0.25, -0.2) is 4.98 Å². The molecule has 3 rings (SSSR count). The van der Waals surface area contributed by atoms with E-state index in [9.17, 15) is 0 Å². The first-order chi connectivity index (χ1) is 12.8. The van der Waals surface area contributed by atoms with Gasteiger partial charge in [0.15, 0.2) is 5.96 Å². The molecule has 7 heteroatoms. The van der Waals surface area contributed by atoms with Crippen LogP contribution in [0.3, 0.4) is 0 Å². The monoisotopic (exact) mass is 485 g/mol. The first-order valence-corrected chi connectivity index (χ1v) is 9.81. The number of pyridine rings is 1. The molecular weight excluding hydrogens is 453 g/mol. The molecule has 6 nitrogen and oxygen atoms in total. The molecule has 2 N–H and O–H groups in total. The second-order valence-corrected chi connectivity index (χ2v) is 6.79. The molecule has 0 aliphatic carbocycles. The summed E-state index contributed by atoms with van der Waals surface area (Å²) >= 11 is 0. The van der Waals surface area contributed by atoms with Crippen molar-refractivity contribution in [2.24, 2.45) is 4.99 Å². The zero-order valence-electron chi connectivity index (χ0n) is 16.2. The lowest BCUT2D eigenvalue weighted by atomic mass is 10.1. The summed E-state index contributed by atoms with van der Waals surface area (Å²) in [7, 11) is 0. The molecule has 0 aromatic carbocycles. The molecule has 0 radical (unpaired) electrons. The standard InChI is InChI=1S/C20H31N5O.HI/c1-2-21-20(23-12-6-17-9-15-26-16-10-17)24-18-7-13-25(14-8-18)19-5-3-4-11-22-19;/h3-5,9,11,18H,2,6-8,10,12-16H2,1H3,(H2,21,23,24);1H. The third-order valence-electron chi connectivity index (χ3n) is 4.91. The lowest BCUT2D eigenvalue weighted by Gasteiger charge is -2.33. The second-order valence-electron chi connectivity index (χ2n) is 6.79. The number of hydrogen-bond acceptors (Lipinski definition) is 4. The van der Waals surface area contributed by atoms with Crippen LogP contribution in [-0.4, -0.2) is 56.4 Å². The summed E-state index contributed by atoms with van der Waals surface area (Å²) in [6.07, 6.45) is 8.34. The van der Waals surface area contributed by atoms with Crippen molar-refractivity contribution < 1.29 is 4.74 Å². The van der Waals surface area contributed by atoms with E-state index < -0.39 is 0 Å². The Hall–Kier alpha value is -1.35. The van der Waals surface area contributed by atoms with Gasteiger partial charge in [0.1, 0.15) is 5.82 Å². The Labute approximate surface area is 179 Å². The molecule has 0 bridgehead atoms. The zero-order valence-corrected chi connectivity index (χ0v) is 18.5. The second kappa shape index (κ2) is 12.2. The Morgan fingerprint density at radius 2 is 2.19 bits per heavy atom. The number of aromatic nitrogens is 1. The van der Waals surface area contributed by atoms with Crippen LogP contribution in [0.4, 0.5) is 5.82 Å². The SMILES string of the molecule is CCNC(=NCCC1=CCOCC1)NC1CCN(c2ccccn2)CC1.I. The molecule has 1 aromatic rings. The van der Waals surface area contributed by atoms with Crippen molar-refractivity contribution >= 4 is 35.8 Å². The van der Waals surface area contributed by atoms with Crippen molar-refractivity contribution in [3.8, 4) is 0 Å². The van der Waals surface area contributed by atoms with E-state index in [1.165, 1.54) is 5.57 Å². The maximum atomic E-state index is 5.36. The van der Waals surface area contributed by atoms with Gasteiger partial charge in [-0.05, 0) is 44.7 Å². The van der Waals surface area contributed by atoms with Crippen LogP contribution in [0.1, 0.15) is 32.6 Å². The van der Waals surface area contributed by atoms with E-state index in [0.717, 1.165) is 76.9 Å². The third kappa shape index (κ3) is 7.29. The summed E-state index contributed by atoms with van der Waals surface area (Å²) in [4.78, 5) is 11.6. The van der Waals surface area contributed by atoms with E-state index in [0.29, 0.717) is 6.04 Å². The fraction of sp³-hybridized carbons (Fsp3) is 0.600. The minimum absolute atomic E-state index is 0. The van der Waals surface area contributed by atoms with Crippen molar-refractivity contribution in [1.82, 2.24) is 15.6 Å².